The zero-order valence-corrected chi connectivity index (χ0v) is 11.0. The van der Waals surface area contributed by atoms with Gasteiger partial charge in [0.1, 0.15) is 6.07 Å². The molecule has 0 saturated heterocycles. The molecule has 4 N–H and O–H groups in total. The predicted molar refractivity (Wildman–Crippen MR) is 69.8 cm³/mol. The van der Waals surface area contributed by atoms with Crippen LogP contribution in [-0.2, 0) is 5.92 Å². The van der Waals surface area contributed by atoms with Gasteiger partial charge >= 0.3 is 0 Å². The Hall–Kier alpha value is -2.40. The molecule has 9 heteroatoms. The van der Waals surface area contributed by atoms with Crippen molar-refractivity contribution in [3.05, 3.63) is 28.3 Å². The molecular weight excluding hydrogens is 290 g/mol. The number of nitrogens with one attached hydrogen (secondary N) is 2. The molecule has 0 fully saturated rings. The molecule has 0 radical (unpaired) electrons. The van der Waals surface area contributed by atoms with Gasteiger partial charge in [-0.1, -0.05) is 11.6 Å². The number of nitrogens with zero attached hydrogens (tertiary/aromatic N) is 3. The van der Waals surface area contributed by atoms with E-state index in [2.05, 4.69) is 20.5 Å². The zero-order chi connectivity index (χ0) is 14.9. The summed E-state index contributed by atoms with van der Waals surface area (Å²) in [5.74, 6) is -3.02. The minimum Gasteiger partial charge on any atom is -0.368 e. The highest BCUT2D eigenvalue weighted by molar-refractivity contribution is 6.32. The standard InChI is InChI=1S/C11H9ClF2N6/c1-11(13,14)7-2-5(3-8(12)6(7)4-15)17-10-18-9(16)19-20-10/h2-3H,1H3,(H4,16,17,18,19,20). The van der Waals surface area contributed by atoms with Crippen LogP contribution >= 0.6 is 11.6 Å². The highest BCUT2D eigenvalue weighted by atomic mass is 35.5. The third-order valence-corrected chi connectivity index (χ3v) is 2.73. The highest BCUT2D eigenvalue weighted by Crippen LogP contribution is 2.36. The van der Waals surface area contributed by atoms with E-state index in [1.54, 1.807) is 6.07 Å². The molecule has 20 heavy (non-hydrogen) atoms. The molecule has 0 spiro atoms. The summed E-state index contributed by atoms with van der Waals surface area (Å²) in [5, 5.41) is 17.6. The molecule has 0 aliphatic rings. The molecule has 0 aliphatic carbocycles. The topological polar surface area (TPSA) is 103 Å². The molecule has 0 bridgehead atoms. The van der Waals surface area contributed by atoms with Crippen LogP contribution in [0.2, 0.25) is 5.02 Å². The second-order valence-corrected chi connectivity index (χ2v) is 4.46. The van der Waals surface area contributed by atoms with Crippen molar-refractivity contribution in [1.82, 2.24) is 15.2 Å². The van der Waals surface area contributed by atoms with Crippen LogP contribution in [0.3, 0.4) is 0 Å². The van der Waals surface area contributed by atoms with Gasteiger partial charge in [0.25, 0.3) is 5.92 Å². The summed E-state index contributed by atoms with van der Waals surface area (Å²) in [6, 6.07) is 4.13. The fraction of sp³-hybridized carbons (Fsp3) is 0.182. The first-order valence-corrected chi connectivity index (χ1v) is 5.76. The lowest BCUT2D eigenvalue weighted by molar-refractivity contribution is 0.0172. The largest absolute Gasteiger partial charge is 0.368 e. The number of rotatable bonds is 3. The van der Waals surface area contributed by atoms with Gasteiger partial charge in [-0.05, 0) is 12.1 Å². The SMILES string of the molecule is CC(F)(F)c1cc(Nc2n[nH]c(N)n2)cc(Cl)c1C#N. The maximum absolute atomic E-state index is 13.5. The maximum atomic E-state index is 13.5. The lowest BCUT2D eigenvalue weighted by Crippen LogP contribution is -2.11. The van der Waals surface area contributed by atoms with Gasteiger partial charge in [-0.15, -0.1) is 5.10 Å². The molecule has 1 heterocycles. The minimum absolute atomic E-state index is 0.0771. The normalized spacial score (nSPS) is 11.2. The summed E-state index contributed by atoms with van der Waals surface area (Å²) in [6.07, 6.45) is 0. The summed E-state index contributed by atoms with van der Waals surface area (Å²) < 4.78 is 27.0. The Morgan fingerprint density at radius 2 is 2.20 bits per heavy atom. The highest BCUT2D eigenvalue weighted by Gasteiger charge is 2.29. The Morgan fingerprint density at radius 3 is 2.70 bits per heavy atom. The number of H-pyrrole nitrogens is 1. The van der Waals surface area contributed by atoms with Gasteiger partial charge in [0.2, 0.25) is 11.9 Å². The van der Waals surface area contributed by atoms with Crippen molar-refractivity contribution in [2.45, 2.75) is 12.8 Å². The average molecular weight is 299 g/mol. The lowest BCUT2D eigenvalue weighted by atomic mass is 10.0. The Morgan fingerprint density at radius 1 is 1.50 bits per heavy atom. The Bertz CT molecular complexity index is 685. The number of aromatic nitrogens is 3. The van der Waals surface area contributed by atoms with Crippen molar-refractivity contribution in [3.8, 4) is 6.07 Å². The van der Waals surface area contributed by atoms with Crippen LogP contribution in [0.1, 0.15) is 18.1 Å². The molecule has 1 aromatic carbocycles. The van der Waals surface area contributed by atoms with Crippen LogP contribution in [-0.4, -0.2) is 15.2 Å². The molecule has 0 saturated carbocycles. The fourth-order valence-electron chi connectivity index (χ4n) is 1.60. The molecule has 6 nitrogen and oxygen atoms in total. The summed E-state index contributed by atoms with van der Waals surface area (Å²) in [5.41, 5.74) is 4.84. The lowest BCUT2D eigenvalue weighted by Gasteiger charge is -2.15. The van der Waals surface area contributed by atoms with Crippen molar-refractivity contribution in [1.29, 1.82) is 5.26 Å². The number of nitrogens with two attached hydrogens (primary N) is 1. The molecule has 1 aromatic heterocycles. The molecule has 0 atom stereocenters. The number of aromatic amines is 1. The number of benzene rings is 1. The van der Waals surface area contributed by atoms with Crippen molar-refractivity contribution >= 4 is 29.2 Å². The van der Waals surface area contributed by atoms with E-state index in [1.807, 2.05) is 0 Å². The number of alkyl halides is 2. The molecule has 0 aliphatic heterocycles. The number of anilines is 3. The van der Waals surface area contributed by atoms with Crippen LogP contribution in [0.15, 0.2) is 12.1 Å². The van der Waals surface area contributed by atoms with Gasteiger partial charge in [0.05, 0.1) is 10.6 Å². The third-order valence-electron chi connectivity index (χ3n) is 2.43. The van der Waals surface area contributed by atoms with Gasteiger partial charge in [0, 0.05) is 18.2 Å². The molecule has 0 unspecified atom stereocenters. The number of nitrogen functional groups attached to an aromatic ring is 1. The van der Waals surface area contributed by atoms with Crippen molar-refractivity contribution in [2.24, 2.45) is 0 Å². The van der Waals surface area contributed by atoms with Gasteiger partial charge in [-0.25, -0.2) is 13.9 Å². The van der Waals surface area contributed by atoms with Crippen LogP contribution < -0.4 is 11.1 Å². The van der Waals surface area contributed by atoms with Crippen molar-refractivity contribution < 1.29 is 8.78 Å². The monoisotopic (exact) mass is 298 g/mol. The van der Waals surface area contributed by atoms with Crippen LogP contribution in [0, 0.1) is 11.3 Å². The Kier molecular flexibility index (Phi) is 3.46. The van der Waals surface area contributed by atoms with E-state index in [9.17, 15) is 8.78 Å². The number of halogens is 3. The first kappa shape index (κ1) is 14.0. The van der Waals surface area contributed by atoms with E-state index in [0.29, 0.717) is 6.92 Å². The van der Waals surface area contributed by atoms with E-state index < -0.39 is 11.5 Å². The second kappa shape index (κ2) is 4.94. The Labute approximate surface area is 117 Å². The third kappa shape index (κ3) is 2.78. The maximum Gasteiger partial charge on any atom is 0.271 e. The molecule has 2 rings (SSSR count). The van der Waals surface area contributed by atoms with E-state index in [1.165, 1.54) is 6.07 Å². The Balaban J connectivity index is 2.46. The fourth-order valence-corrected chi connectivity index (χ4v) is 1.86. The molecular formula is C11H9ClF2N6. The smallest absolute Gasteiger partial charge is 0.271 e. The van der Waals surface area contributed by atoms with E-state index in [-0.39, 0.29) is 28.2 Å². The molecule has 104 valence electrons. The number of hydrogen-bond donors (Lipinski definition) is 3. The predicted octanol–water partition coefficient (Wildman–Crippen LogP) is 2.77. The van der Waals surface area contributed by atoms with Crippen LogP contribution in [0.4, 0.5) is 26.4 Å². The number of nitriles is 1. The summed E-state index contributed by atoms with van der Waals surface area (Å²) >= 11 is 5.84. The minimum atomic E-state index is -3.20. The van der Waals surface area contributed by atoms with E-state index in [0.717, 1.165) is 6.07 Å². The second-order valence-electron chi connectivity index (χ2n) is 4.05. The summed E-state index contributed by atoms with van der Waals surface area (Å²) in [6.45, 7) is 0.689. The number of hydrogen-bond acceptors (Lipinski definition) is 5. The van der Waals surface area contributed by atoms with Gasteiger partial charge in [-0.3, -0.25) is 0 Å². The van der Waals surface area contributed by atoms with Crippen molar-refractivity contribution in [3.63, 3.8) is 0 Å². The molecule has 2 aromatic rings. The summed E-state index contributed by atoms with van der Waals surface area (Å²) in [4.78, 5) is 3.77. The van der Waals surface area contributed by atoms with Gasteiger partial charge < -0.3 is 11.1 Å². The quantitative estimate of drug-likeness (QED) is 0.808. The van der Waals surface area contributed by atoms with E-state index >= 15 is 0 Å². The van der Waals surface area contributed by atoms with Gasteiger partial charge in [-0.2, -0.15) is 10.2 Å². The summed E-state index contributed by atoms with van der Waals surface area (Å²) in [7, 11) is 0. The van der Waals surface area contributed by atoms with Gasteiger partial charge in [0.15, 0.2) is 0 Å². The first-order chi connectivity index (χ1) is 9.31. The first-order valence-electron chi connectivity index (χ1n) is 5.38. The zero-order valence-electron chi connectivity index (χ0n) is 10.2. The molecule has 0 amide bonds. The van der Waals surface area contributed by atoms with Crippen LogP contribution in [0.25, 0.3) is 0 Å². The van der Waals surface area contributed by atoms with E-state index in [4.69, 9.17) is 22.6 Å². The van der Waals surface area contributed by atoms with Crippen molar-refractivity contribution in [2.75, 3.05) is 11.1 Å². The average Bonchev–Trinajstić information content (AvgIpc) is 2.73. The van der Waals surface area contributed by atoms with Crippen LogP contribution in [0.5, 0.6) is 0 Å².